The van der Waals surface area contributed by atoms with E-state index in [9.17, 15) is 26.0 Å². The van der Waals surface area contributed by atoms with Crippen LogP contribution in [0.2, 0.25) is 0 Å². The zero-order valence-corrected chi connectivity index (χ0v) is 12.3. The van der Waals surface area contributed by atoms with E-state index in [1.54, 1.807) is 12.1 Å². The van der Waals surface area contributed by atoms with Crippen LogP contribution in [0, 0.1) is 23.3 Å². The highest BCUT2D eigenvalue weighted by Crippen LogP contribution is 2.29. The average molecular weight is 346 g/mol. The third-order valence-electron chi connectivity index (χ3n) is 3.17. The van der Waals surface area contributed by atoms with Crippen molar-refractivity contribution < 1.29 is 30.5 Å². The molecule has 3 nitrogen and oxygen atoms in total. The molecule has 0 aromatic heterocycles. The molecule has 1 N–H and O–H groups in total. The van der Waals surface area contributed by atoms with Gasteiger partial charge in [0.2, 0.25) is 0 Å². The van der Waals surface area contributed by atoms with Crippen LogP contribution < -0.4 is 0 Å². The summed E-state index contributed by atoms with van der Waals surface area (Å²) in [5, 5.41) is 0. The maximum atomic E-state index is 13.9. The largest absolute Gasteiger partial charge is 0.300 e. The van der Waals surface area contributed by atoms with Crippen molar-refractivity contribution >= 4 is 16.2 Å². The number of benzene rings is 2. The molecule has 2 aromatic carbocycles. The molecule has 2 rings (SSSR count). The van der Waals surface area contributed by atoms with Crippen molar-refractivity contribution in [2.45, 2.75) is 11.3 Å². The second kappa shape index (κ2) is 6.13. The molecule has 0 bridgehead atoms. The molecule has 0 spiro atoms. The van der Waals surface area contributed by atoms with Gasteiger partial charge in [0.05, 0.1) is 0 Å². The summed E-state index contributed by atoms with van der Waals surface area (Å²) in [7, 11) is -5.45. The van der Waals surface area contributed by atoms with E-state index in [-0.39, 0.29) is 0 Å². The van der Waals surface area contributed by atoms with Crippen LogP contribution in [-0.4, -0.2) is 13.0 Å². The minimum atomic E-state index is -5.45. The molecule has 0 saturated carbocycles. The Hall–Kier alpha value is -2.19. The summed E-state index contributed by atoms with van der Waals surface area (Å²) in [5.74, 6) is -8.07. The Kier molecular flexibility index (Phi) is 4.58. The van der Waals surface area contributed by atoms with Gasteiger partial charge in [-0.25, -0.2) is 17.6 Å². The van der Waals surface area contributed by atoms with Gasteiger partial charge in [-0.05, 0) is 11.1 Å². The van der Waals surface area contributed by atoms with E-state index >= 15 is 0 Å². The van der Waals surface area contributed by atoms with Gasteiger partial charge in [-0.15, -0.1) is 0 Å². The molecule has 122 valence electrons. The average Bonchev–Trinajstić information content (AvgIpc) is 2.49. The number of rotatable bonds is 4. The van der Waals surface area contributed by atoms with Gasteiger partial charge < -0.3 is 0 Å². The van der Waals surface area contributed by atoms with Gasteiger partial charge in [-0.3, -0.25) is 4.55 Å². The van der Waals surface area contributed by atoms with E-state index in [1.807, 2.05) is 0 Å². The van der Waals surface area contributed by atoms with Crippen LogP contribution in [0.4, 0.5) is 17.6 Å². The highest BCUT2D eigenvalue weighted by Gasteiger charge is 2.31. The van der Waals surface area contributed by atoms with Crippen LogP contribution in [0.15, 0.2) is 35.7 Å². The zero-order chi connectivity index (χ0) is 17.4. The fraction of sp³-hybridized carbons (Fsp3) is 0.0667. The Bertz CT molecular complexity index is 846. The molecule has 8 heteroatoms. The Morgan fingerprint density at radius 2 is 1.43 bits per heavy atom. The molecule has 0 atom stereocenters. The Morgan fingerprint density at radius 3 is 1.83 bits per heavy atom. The standard InChI is InChI=1S/C15H10F4O3S/c1-2-8-3-5-9(6-4-8)7-10-11(16)13(18)15(23(20,21)22)14(19)12(10)17/h2-6H,1,7H2,(H,20,21,22). The lowest BCUT2D eigenvalue weighted by molar-refractivity contribution is 0.396. The molecule has 0 saturated heterocycles. The predicted molar refractivity (Wildman–Crippen MR) is 75.4 cm³/mol. The first-order valence-electron chi connectivity index (χ1n) is 6.20. The summed E-state index contributed by atoms with van der Waals surface area (Å²) in [6.07, 6.45) is 1.03. The van der Waals surface area contributed by atoms with Crippen LogP contribution in [0.5, 0.6) is 0 Å². The van der Waals surface area contributed by atoms with Crippen molar-refractivity contribution in [2.75, 3.05) is 0 Å². The van der Waals surface area contributed by atoms with Crippen LogP contribution in [0.1, 0.15) is 16.7 Å². The normalized spacial score (nSPS) is 11.5. The van der Waals surface area contributed by atoms with E-state index in [2.05, 4.69) is 6.58 Å². The van der Waals surface area contributed by atoms with Crippen LogP contribution in [-0.2, 0) is 16.5 Å². The molecule has 0 radical (unpaired) electrons. The minimum absolute atomic E-state index is 0.340. The van der Waals surface area contributed by atoms with Crippen LogP contribution in [0.3, 0.4) is 0 Å². The van der Waals surface area contributed by atoms with Gasteiger partial charge in [0.1, 0.15) is 0 Å². The molecule has 0 aliphatic carbocycles. The maximum absolute atomic E-state index is 13.9. The van der Waals surface area contributed by atoms with E-state index in [1.165, 1.54) is 18.2 Å². The smallest absolute Gasteiger partial charge is 0.282 e. The van der Waals surface area contributed by atoms with Gasteiger partial charge in [-0.2, -0.15) is 8.42 Å². The fourth-order valence-electron chi connectivity index (χ4n) is 2.01. The van der Waals surface area contributed by atoms with Crippen molar-refractivity contribution in [3.8, 4) is 0 Å². The first-order chi connectivity index (χ1) is 10.7. The first kappa shape index (κ1) is 17.2. The lowest BCUT2D eigenvalue weighted by atomic mass is 10.0. The van der Waals surface area contributed by atoms with Gasteiger partial charge in [-0.1, -0.05) is 36.9 Å². The molecule has 0 unspecified atom stereocenters. The second-order valence-electron chi connectivity index (χ2n) is 4.66. The molecular weight excluding hydrogens is 336 g/mol. The Balaban J connectivity index is 2.57. The summed E-state index contributed by atoms with van der Waals surface area (Å²) < 4.78 is 85.5. The minimum Gasteiger partial charge on any atom is -0.282 e. The Morgan fingerprint density at radius 1 is 0.957 bits per heavy atom. The summed E-state index contributed by atoms with van der Waals surface area (Å²) in [4.78, 5) is -2.04. The van der Waals surface area contributed by atoms with Gasteiger partial charge >= 0.3 is 10.1 Å². The topological polar surface area (TPSA) is 54.4 Å². The van der Waals surface area contributed by atoms with E-state index in [0.29, 0.717) is 5.56 Å². The maximum Gasteiger partial charge on any atom is 0.300 e. The molecular formula is C15H10F4O3S. The SMILES string of the molecule is C=Cc1ccc(Cc2c(F)c(F)c(S(=O)(=O)O)c(F)c2F)cc1. The van der Waals surface area contributed by atoms with Crippen molar-refractivity contribution in [2.24, 2.45) is 0 Å². The second-order valence-corrected chi connectivity index (χ2v) is 6.02. The summed E-state index contributed by atoms with van der Waals surface area (Å²) in [5.41, 5.74) is 0.0966. The number of hydrogen-bond donors (Lipinski definition) is 1. The third kappa shape index (κ3) is 3.27. The van der Waals surface area contributed by atoms with Crippen LogP contribution in [0.25, 0.3) is 6.08 Å². The van der Waals surface area contributed by atoms with E-state index in [4.69, 9.17) is 4.55 Å². The highest BCUT2D eigenvalue weighted by molar-refractivity contribution is 7.85. The number of hydrogen-bond acceptors (Lipinski definition) is 2. The monoisotopic (exact) mass is 346 g/mol. The summed E-state index contributed by atoms with van der Waals surface area (Å²) >= 11 is 0. The lowest BCUT2D eigenvalue weighted by Crippen LogP contribution is -2.13. The molecule has 0 heterocycles. The van der Waals surface area contributed by atoms with Crippen molar-refractivity contribution in [3.63, 3.8) is 0 Å². The van der Waals surface area contributed by atoms with Crippen LogP contribution >= 0.6 is 0 Å². The molecule has 0 fully saturated rings. The molecule has 2 aromatic rings. The predicted octanol–water partition coefficient (Wildman–Crippen LogP) is 3.72. The third-order valence-corrected chi connectivity index (χ3v) is 4.04. The summed E-state index contributed by atoms with van der Waals surface area (Å²) in [6.45, 7) is 3.53. The van der Waals surface area contributed by atoms with Gasteiger partial charge in [0, 0.05) is 12.0 Å². The molecule has 23 heavy (non-hydrogen) atoms. The van der Waals surface area contributed by atoms with Crippen molar-refractivity contribution in [3.05, 3.63) is 70.8 Å². The van der Waals surface area contributed by atoms with E-state index < -0.39 is 50.3 Å². The molecule has 0 aliphatic heterocycles. The lowest BCUT2D eigenvalue weighted by Gasteiger charge is -2.10. The van der Waals surface area contributed by atoms with Crippen molar-refractivity contribution in [1.29, 1.82) is 0 Å². The highest BCUT2D eigenvalue weighted by atomic mass is 32.2. The van der Waals surface area contributed by atoms with Gasteiger partial charge in [0.25, 0.3) is 0 Å². The van der Waals surface area contributed by atoms with Crippen molar-refractivity contribution in [1.82, 2.24) is 0 Å². The molecule has 0 amide bonds. The fourth-order valence-corrected chi connectivity index (χ4v) is 2.65. The quantitative estimate of drug-likeness (QED) is 0.521. The van der Waals surface area contributed by atoms with E-state index in [0.717, 1.165) is 5.56 Å². The number of halogens is 4. The Labute approximate surface area is 129 Å². The first-order valence-corrected chi connectivity index (χ1v) is 7.64. The summed E-state index contributed by atoms with van der Waals surface area (Å²) in [6, 6.07) is 6.11. The zero-order valence-electron chi connectivity index (χ0n) is 11.5. The van der Waals surface area contributed by atoms with Gasteiger partial charge in [0.15, 0.2) is 28.2 Å². The molecule has 0 aliphatic rings.